The van der Waals surface area contributed by atoms with Crippen LogP contribution in [0.1, 0.15) is 40.5 Å². The van der Waals surface area contributed by atoms with Crippen LogP contribution < -0.4 is 15.8 Å². The van der Waals surface area contributed by atoms with Gasteiger partial charge in [-0.1, -0.05) is 18.2 Å². The van der Waals surface area contributed by atoms with E-state index in [9.17, 15) is 10.1 Å². The summed E-state index contributed by atoms with van der Waals surface area (Å²) < 4.78 is 5.77. The summed E-state index contributed by atoms with van der Waals surface area (Å²) in [6.07, 6.45) is 3.25. The van der Waals surface area contributed by atoms with Crippen molar-refractivity contribution in [2.45, 2.75) is 57.7 Å². The molecule has 1 amide bonds. The molecule has 162 valence electrons. The van der Waals surface area contributed by atoms with E-state index >= 15 is 0 Å². The lowest BCUT2D eigenvalue weighted by Crippen LogP contribution is -2.61. The number of nitrogens with two attached hydrogens (primary N) is 1. The summed E-state index contributed by atoms with van der Waals surface area (Å²) in [6, 6.07) is 18.7. The molecule has 6 nitrogen and oxygen atoms in total. The number of carbonyl (C=O) groups excluding carboxylic acids is 1. The van der Waals surface area contributed by atoms with Gasteiger partial charge < -0.3 is 20.7 Å². The third-order valence-electron chi connectivity index (χ3n) is 5.54. The van der Waals surface area contributed by atoms with Gasteiger partial charge in [-0.05, 0) is 76.9 Å². The van der Waals surface area contributed by atoms with E-state index in [2.05, 4.69) is 44.0 Å². The van der Waals surface area contributed by atoms with E-state index in [0.29, 0.717) is 11.4 Å². The van der Waals surface area contributed by atoms with E-state index in [-0.39, 0.29) is 22.7 Å². The van der Waals surface area contributed by atoms with Gasteiger partial charge >= 0.3 is 0 Å². The van der Waals surface area contributed by atoms with Crippen LogP contribution in [0, 0.1) is 11.3 Å². The van der Waals surface area contributed by atoms with E-state index < -0.39 is 5.91 Å². The predicted molar refractivity (Wildman–Crippen MR) is 122 cm³/mol. The molecule has 1 fully saturated rings. The second-order valence-corrected chi connectivity index (χ2v) is 9.21. The number of nitrogens with zero attached hydrogens (tertiary/aromatic N) is 2. The van der Waals surface area contributed by atoms with Gasteiger partial charge in [-0.25, -0.2) is 0 Å². The second kappa shape index (κ2) is 8.83. The Morgan fingerprint density at radius 3 is 2.16 bits per heavy atom. The number of nitrogens with one attached hydrogen (secondary N) is 1. The molecular formula is C25H30N4O2. The van der Waals surface area contributed by atoms with Gasteiger partial charge in [0.15, 0.2) is 0 Å². The minimum Gasteiger partial charge on any atom is -0.457 e. The number of rotatable bonds is 5. The maximum absolute atomic E-state index is 12.8. The number of anilines is 1. The van der Waals surface area contributed by atoms with Crippen molar-refractivity contribution < 1.29 is 9.53 Å². The van der Waals surface area contributed by atoms with Gasteiger partial charge in [0.05, 0.1) is 0 Å². The highest BCUT2D eigenvalue weighted by atomic mass is 16.5. The number of likely N-dealkylation sites (tertiary alicyclic amines) is 1. The fourth-order valence-corrected chi connectivity index (χ4v) is 4.42. The van der Waals surface area contributed by atoms with Crippen molar-refractivity contribution >= 4 is 11.6 Å². The summed E-state index contributed by atoms with van der Waals surface area (Å²) in [5.41, 5.74) is 6.35. The molecule has 0 atom stereocenters. The molecule has 1 saturated heterocycles. The van der Waals surface area contributed by atoms with Crippen LogP contribution in [0.4, 0.5) is 5.69 Å². The van der Waals surface area contributed by atoms with Crippen LogP contribution in [0.5, 0.6) is 11.5 Å². The molecular weight excluding hydrogens is 388 g/mol. The number of hydrogen-bond acceptors (Lipinski definition) is 5. The molecule has 1 aliphatic heterocycles. The number of piperidine rings is 1. The van der Waals surface area contributed by atoms with Crippen molar-refractivity contribution in [2.75, 3.05) is 5.32 Å². The Bertz CT molecular complexity index is 970. The Morgan fingerprint density at radius 2 is 1.61 bits per heavy atom. The maximum atomic E-state index is 12.8. The van der Waals surface area contributed by atoms with Crippen LogP contribution in [-0.2, 0) is 4.79 Å². The molecule has 3 rings (SSSR count). The lowest BCUT2D eigenvalue weighted by Gasteiger charge is -2.54. The van der Waals surface area contributed by atoms with Gasteiger partial charge in [-0.3, -0.25) is 4.79 Å². The Labute approximate surface area is 184 Å². The molecule has 1 aliphatic rings. The minimum absolute atomic E-state index is 0.0567. The third kappa shape index (κ3) is 5.44. The molecule has 0 aliphatic carbocycles. The first-order valence-electron chi connectivity index (χ1n) is 10.4. The molecule has 0 radical (unpaired) electrons. The molecule has 6 heteroatoms. The molecule has 0 unspecified atom stereocenters. The standard InChI is InChI=1S/C25H30N4O2/c1-24(2)14-19(27)15-25(3,4)29(24)17-18(16-26)23(30)28-20-10-12-22(13-11-20)31-21-8-6-5-7-9-21/h5-13,17,19H,14-15,27H2,1-4H3,(H,28,30)/b18-17-. The molecule has 0 bridgehead atoms. The van der Waals surface area contributed by atoms with E-state index in [1.165, 1.54) is 0 Å². The first kappa shape index (κ1) is 22.4. The van der Waals surface area contributed by atoms with Crippen LogP contribution in [0.15, 0.2) is 66.4 Å². The zero-order chi connectivity index (χ0) is 22.6. The highest BCUT2D eigenvalue weighted by molar-refractivity contribution is 6.06. The molecule has 2 aromatic rings. The third-order valence-corrected chi connectivity index (χ3v) is 5.54. The number of ether oxygens (including phenoxy) is 1. The number of para-hydroxylation sites is 1. The quantitative estimate of drug-likeness (QED) is 0.537. The fourth-order valence-electron chi connectivity index (χ4n) is 4.42. The van der Waals surface area contributed by atoms with Crippen molar-refractivity contribution in [1.29, 1.82) is 5.26 Å². The predicted octanol–water partition coefficient (Wildman–Crippen LogP) is 4.81. The average molecular weight is 419 g/mol. The maximum Gasteiger partial charge on any atom is 0.267 e. The molecule has 0 spiro atoms. The highest BCUT2D eigenvalue weighted by Crippen LogP contribution is 2.38. The molecule has 0 aromatic heterocycles. The SMILES string of the molecule is CC1(C)CC(N)CC(C)(C)N1/C=C(/C#N)C(=O)Nc1ccc(Oc2ccccc2)cc1. The van der Waals surface area contributed by atoms with E-state index in [0.717, 1.165) is 18.6 Å². The van der Waals surface area contributed by atoms with Crippen molar-refractivity contribution in [3.8, 4) is 17.6 Å². The first-order valence-corrected chi connectivity index (χ1v) is 10.4. The minimum atomic E-state index is -0.444. The van der Waals surface area contributed by atoms with E-state index in [4.69, 9.17) is 10.5 Å². The van der Waals surface area contributed by atoms with Crippen molar-refractivity contribution in [3.63, 3.8) is 0 Å². The number of nitriles is 1. The Hall–Kier alpha value is -3.30. The summed E-state index contributed by atoms with van der Waals surface area (Å²) in [7, 11) is 0. The molecule has 2 aromatic carbocycles. The van der Waals surface area contributed by atoms with Gasteiger partial charge in [0.2, 0.25) is 0 Å². The van der Waals surface area contributed by atoms with Crippen molar-refractivity contribution in [2.24, 2.45) is 5.73 Å². The van der Waals surface area contributed by atoms with Gasteiger partial charge in [0.25, 0.3) is 5.91 Å². The topological polar surface area (TPSA) is 91.4 Å². The van der Waals surface area contributed by atoms with Crippen LogP contribution in [0.25, 0.3) is 0 Å². The first-order chi connectivity index (χ1) is 14.6. The average Bonchev–Trinajstić information content (AvgIpc) is 2.68. The molecule has 31 heavy (non-hydrogen) atoms. The number of benzene rings is 2. The lowest BCUT2D eigenvalue weighted by molar-refractivity contribution is -0.112. The monoisotopic (exact) mass is 418 g/mol. The summed E-state index contributed by atoms with van der Waals surface area (Å²) in [5.74, 6) is 0.953. The molecule has 1 heterocycles. The fraction of sp³-hybridized carbons (Fsp3) is 0.360. The largest absolute Gasteiger partial charge is 0.457 e. The number of hydrogen-bond donors (Lipinski definition) is 2. The van der Waals surface area contributed by atoms with Crippen molar-refractivity contribution in [1.82, 2.24) is 4.90 Å². The van der Waals surface area contributed by atoms with E-state index in [1.54, 1.807) is 30.5 Å². The molecule has 0 saturated carbocycles. The smallest absolute Gasteiger partial charge is 0.267 e. The Balaban J connectivity index is 1.73. The van der Waals surface area contributed by atoms with Crippen LogP contribution in [0.3, 0.4) is 0 Å². The zero-order valence-electron chi connectivity index (χ0n) is 18.6. The number of carbonyl (C=O) groups is 1. The van der Waals surface area contributed by atoms with Crippen molar-refractivity contribution in [3.05, 3.63) is 66.4 Å². The van der Waals surface area contributed by atoms with Crippen LogP contribution >= 0.6 is 0 Å². The Morgan fingerprint density at radius 1 is 1.06 bits per heavy atom. The normalized spacial score (nSPS) is 18.2. The van der Waals surface area contributed by atoms with Gasteiger partial charge in [-0.2, -0.15) is 5.26 Å². The Kier molecular flexibility index (Phi) is 6.37. The summed E-state index contributed by atoms with van der Waals surface area (Å²) in [6.45, 7) is 8.34. The van der Waals surface area contributed by atoms with Gasteiger partial charge in [0.1, 0.15) is 23.1 Å². The summed E-state index contributed by atoms with van der Waals surface area (Å²) in [5, 5.41) is 12.5. The summed E-state index contributed by atoms with van der Waals surface area (Å²) >= 11 is 0. The van der Waals surface area contributed by atoms with Crippen LogP contribution in [-0.4, -0.2) is 27.9 Å². The zero-order valence-corrected chi connectivity index (χ0v) is 18.6. The van der Waals surface area contributed by atoms with Gasteiger partial charge in [-0.15, -0.1) is 0 Å². The molecule has 3 N–H and O–H groups in total. The van der Waals surface area contributed by atoms with Crippen LogP contribution in [0.2, 0.25) is 0 Å². The second-order valence-electron chi connectivity index (χ2n) is 9.21. The van der Waals surface area contributed by atoms with Gasteiger partial charge in [0, 0.05) is 29.0 Å². The highest BCUT2D eigenvalue weighted by Gasteiger charge is 2.43. The van der Waals surface area contributed by atoms with E-state index in [1.807, 2.05) is 30.3 Å². The lowest BCUT2D eigenvalue weighted by atomic mass is 9.77. The summed E-state index contributed by atoms with van der Waals surface area (Å²) in [4.78, 5) is 14.9. The number of amides is 1.